The van der Waals surface area contributed by atoms with Crippen molar-refractivity contribution in [3.05, 3.63) is 0 Å². The van der Waals surface area contributed by atoms with Crippen molar-refractivity contribution in [2.24, 2.45) is 10.5 Å². The number of likely N-dealkylation sites (N-methyl/N-ethyl adjacent to an activating group) is 1. The Morgan fingerprint density at radius 3 is 2.47 bits per heavy atom. The highest BCUT2D eigenvalue weighted by Crippen LogP contribution is 2.12. The van der Waals surface area contributed by atoms with Gasteiger partial charge in [0.2, 0.25) is 0 Å². The number of carboxylic acids is 1. The van der Waals surface area contributed by atoms with Crippen molar-refractivity contribution in [3.63, 3.8) is 0 Å². The minimum atomic E-state index is -1.23. The van der Waals surface area contributed by atoms with Gasteiger partial charge in [0.15, 0.2) is 5.54 Å². The minimum absolute atomic E-state index is 0.475. The Morgan fingerprint density at radius 1 is 1.41 bits per heavy atom. The lowest BCUT2D eigenvalue weighted by molar-refractivity contribution is -0.149. The number of hydrogen-bond donors (Lipinski definition) is 1. The molecule has 0 atom stereocenters. The van der Waals surface area contributed by atoms with Crippen LogP contribution in [0.2, 0.25) is 0 Å². The molecule has 0 aliphatic carbocycles. The molecule has 17 heavy (non-hydrogen) atoms. The molecule has 0 radical (unpaired) electrons. The first-order valence-corrected chi connectivity index (χ1v) is 4.53. The van der Waals surface area contributed by atoms with Gasteiger partial charge in [0.25, 0.3) is 6.79 Å². The van der Waals surface area contributed by atoms with Crippen LogP contribution in [0.5, 0.6) is 0 Å². The molecule has 9 heteroatoms. The standard InChI is InChI=1S/C8H15N3O6/c1-8(2,6(12)13)11(3)9-10-17-5-16-7(14)15-4/h5H2,1-4H3,(H,12,13)/b10-9-. The molecule has 0 aromatic rings. The van der Waals surface area contributed by atoms with Crippen molar-refractivity contribution in [3.8, 4) is 0 Å². The predicted molar refractivity (Wildman–Crippen MR) is 53.8 cm³/mol. The van der Waals surface area contributed by atoms with E-state index in [-0.39, 0.29) is 0 Å². The summed E-state index contributed by atoms with van der Waals surface area (Å²) < 4.78 is 8.50. The molecular weight excluding hydrogens is 234 g/mol. The summed E-state index contributed by atoms with van der Waals surface area (Å²) in [6.07, 6.45) is -0.917. The summed E-state index contributed by atoms with van der Waals surface area (Å²) in [6.45, 7) is 2.41. The number of rotatable bonds is 6. The van der Waals surface area contributed by atoms with Gasteiger partial charge in [-0.15, -0.1) is 0 Å². The number of nitrogens with zero attached hydrogens (tertiary/aromatic N) is 3. The molecule has 0 unspecified atom stereocenters. The summed E-state index contributed by atoms with van der Waals surface area (Å²) in [7, 11) is 2.56. The van der Waals surface area contributed by atoms with Gasteiger partial charge in [-0.3, -0.25) is 5.01 Å². The fraction of sp³-hybridized carbons (Fsp3) is 0.750. The molecule has 0 aromatic carbocycles. The molecule has 0 heterocycles. The monoisotopic (exact) mass is 249 g/mol. The van der Waals surface area contributed by atoms with Gasteiger partial charge in [-0.25, -0.2) is 9.59 Å². The number of carbonyl (C=O) groups is 2. The third-order valence-electron chi connectivity index (χ3n) is 1.96. The van der Waals surface area contributed by atoms with Gasteiger partial charge >= 0.3 is 12.1 Å². The highest BCUT2D eigenvalue weighted by Gasteiger charge is 2.32. The van der Waals surface area contributed by atoms with Crippen molar-refractivity contribution in [1.82, 2.24) is 5.01 Å². The summed E-state index contributed by atoms with van der Waals surface area (Å²) in [5.41, 5.74) is -1.23. The Labute approximate surface area is 97.9 Å². The van der Waals surface area contributed by atoms with Gasteiger partial charge in [0.05, 0.1) is 7.11 Å². The molecule has 0 rings (SSSR count). The van der Waals surface area contributed by atoms with Gasteiger partial charge < -0.3 is 19.4 Å². The number of carboxylic acid groups (broad SMARTS) is 1. The Balaban J connectivity index is 4.01. The van der Waals surface area contributed by atoms with E-state index >= 15 is 0 Å². The van der Waals surface area contributed by atoms with Gasteiger partial charge in [-0.2, -0.15) is 0 Å². The fourth-order valence-electron chi connectivity index (χ4n) is 0.488. The largest absolute Gasteiger partial charge is 0.510 e. The van der Waals surface area contributed by atoms with Gasteiger partial charge in [-0.05, 0) is 19.1 Å². The van der Waals surface area contributed by atoms with E-state index < -0.39 is 24.5 Å². The number of methoxy groups -OCH3 is 1. The maximum Gasteiger partial charge on any atom is 0.510 e. The third kappa shape index (κ3) is 5.00. The van der Waals surface area contributed by atoms with Crippen LogP contribution >= 0.6 is 0 Å². The zero-order valence-corrected chi connectivity index (χ0v) is 10.0. The predicted octanol–water partition coefficient (Wildman–Crippen LogP) is 0.821. The summed E-state index contributed by atoms with van der Waals surface area (Å²) in [4.78, 5) is 25.7. The summed E-state index contributed by atoms with van der Waals surface area (Å²) in [6, 6.07) is 0. The first-order chi connectivity index (χ1) is 7.82. The average Bonchev–Trinajstić information content (AvgIpc) is 2.27. The fourth-order valence-corrected chi connectivity index (χ4v) is 0.488. The number of hydrogen-bond acceptors (Lipinski definition) is 7. The van der Waals surface area contributed by atoms with Crippen LogP contribution < -0.4 is 0 Å². The van der Waals surface area contributed by atoms with Crippen LogP contribution in [0.1, 0.15) is 13.8 Å². The van der Waals surface area contributed by atoms with Crippen LogP contribution in [0.15, 0.2) is 10.5 Å². The van der Waals surface area contributed by atoms with Crippen LogP contribution in [0, 0.1) is 0 Å². The lowest BCUT2D eigenvalue weighted by Crippen LogP contribution is -2.44. The maximum absolute atomic E-state index is 10.8. The normalized spacial score (nSPS) is 11.1. The molecule has 0 bridgehead atoms. The Bertz CT molecular complexity index is 304. The highest BCUT2D eigenvalue weighted by atomic mass is 16.8. The second-order valence-electron chi connectivity index (χ2n) is 3.40. The molecule has 0 saturated heterocycles. The molecule has 0 spiro atoms. The smallest absolute Gasteiger partial charge is 0.479 e. The molecule has 9 nitrogen and oxygen atoms in total. The summed E-state index contributed by atoms with van der Waals surface area (Å²) in [5.74, 6) is -1.07. The van der Waals surface area contributed by atoms with Crippen LogP contribution in [-0.4, -0.2) is 48.7 Å². The van der Waals surface area contributed by atoms with E-state index in [1.54, 1.807) is 0 Å². The molecule has 1 N–H and O–H groups in total. The van der Waals surface area contributed by atoms with Crippen molar-refractivity contribution < 1.29 is 29.0 Å². The lowest BCUT2D eigenvalue weighted by Gasteiger charge is -2.26. The van der Waals surface area contributed by atoms with Crippen LogP contribution in [0.4, 0.5) is 4.79 Å². The van der Waals surface area contributed by atoms with Crippen LogP contribution in [0.25, 0.3) is 0 Å². The maximum atomic E-state index is 10.8. The first-order valence-electron chi connectivity index (χ1n) is 4.53. The van der Waals surface area contributed by atoms with Crippen molar-refractivity contribution >= 4 is 12.1 Å². The molecular formula is C8H15N3O6. The first kappa shape index (κ1) is 14.9. The topological polar surface area (TPSA) is 110 Å². The SMILES string of the molecule is COC(=O)OCO/N=N\N(C)C(C)(C)C(=O)O. The summed E-state index contributed by atoms with van der Waals surface area (Å²) >= 11 is 0. The zero-order valence-electron chi connectivity index (χ0n) is 10.0. The highest BCUT2D eigenvalue weighted by molar-refractivity contribution is 5.77. The van der Waals surface area contributed by atoms with Crippen LogP contribution in [0.3, 0.4) is 0 Å². The molecule has 0 fully saturated rings. The Hall–Kier alpha value is -2.06. The zero-order chi connectivity index (χ0) is 13.5. The molecule has 0 saturated carbocycles. The Kier molecular flexibility index (Phi) is 5.72. The number of carbonyl (C=O) groups excluding carboxylic acids is 1. The van der Waals surface area contributed by atoms with E-state index in [1.807, 2.05) is 0 Å². The number of ether oxygens (including phenoxy) is 2. The van der Waals surface area contributed by atoms with E-state index in [9.17, 15) is 9.59 Å². The average molecular weight is 249 g/mol. The second kappa shape index (κ2) is 6.51. The molecule has 0 amide bonds. The van der Waals surface area contributed by atoms with Crippen molar-refractivity contribution in [2.45, 2.75) is 19.4 Å². The molecule has 98 valence electrons. The van der Waals surface area contributed by atoms with Crippen molar-refractivity contribution in [2.75, 3.05) is 21.0 Å². The van der Waals surface area contributed by atoms with E-state index in [1.165, 1.54) is 20.9 Å². The quantitative estimate of drug-likeness (QED) is 0.244. The van der Waals surface area contributed by atoms with E-state index in [0.29, 0.717) is 0 Å². The van der Waals surface area contributed by atoms with Gasteiger partial charge in [0.1, 0.15) is 0 Å². The minimum Gasteiger partial charge on any atom is -0.479 e. The molecule has 0 aromatic heterocycles. The lowest BCUT2D eigenvalue weighted by atomic mass is 10.1. The van der Waals surface area contributed by atoms with Gasteiger partial charge in [-0.1, -0.05) is 0 Å². The van der Waals surface area contributed by atoms with E-state index in [2.05, 4.69) is 24.8 Å². The summed E-state index contributed by atoms with van der Waals surface area (Å²) in [5, 5.41) is 16.6. The van der Waals surface area contributed by atoms with Crippen LogP contribution in [-0.2, 0) is 19.1 Å². The molecule has 0 aliphatic rings. The Morgan fingerprint density at radius 2 is 2.00 bits per heavy atom. The molecule has 0 aliphatic heterocycles. The number of aliphatic carboxylic acids is 1. The van der Waals surface area contributed by atoms with Gasteiger partial charge in [0, 0.05) is 12.3 Å². The second-order valence-corrected chi connectivity index (χ2v) is 3.40. The van der Waals surface area contributed by atoms with E-state index in [4.69, 9.17) is 5.11 Å². The third-order valence-corrected chi connectivity index (χ3v) is 1.96. The van der Waals surface area contributed by atoms with Crippen molar-refractivity contribution in [1.29, 1.82) is 0 Å². The van der Waals surface area contributed by atoms with E-state index in [0.717, 1.165) is 12.1 Å².